The van der Waals surface area contributed by atoms with Crippen molar-refractivity contribution in [1.82, 2.24) is 9.78 Å². The van der Waals surface area contributed by atoms with Gasteiger partial charge in [0.2, 0.25) is 0 Å². The van der Waals surface area contributed by atoms with Gasteiger partial charge in [-0.2, -0.15) is 5.10 Å². The van der Waals surface area contributed by atoms with Crippen molar-refractivity contribution in [2.45, 2.75) is 26.2 Å². The summed E-state index contributed by atoms with van der Waals surface area (Å²) in [6, 6.07) is 15.9. The number of methoxy groups -OCH3 is 1. The number of hydrogen-bond acceptors (Lipinski definition) is 2. The van der Waals surface area contributed by atoms with Crippen LogP contribution < -0.4 is 4.74 Å². The van der Waals surface area contributed by atoms with Gasteiger partial charge < -0.3 is 4.74 Å². The van der Waals surface area contributed by atoms with Gasteiger partial charge in [-0.1, -0.05) is 31.2 Å². The molecule has 0 N–H and O–H groups in total. The molecule has 3 rings (SSSR count). The van der Waals surface area contributed by atoms with Gasteiger partial charge in [-0.3, -0.25) is 0 Å². The first-order chi connectivity index (χ1) is 11.9. The minimum absolute atomic E-state index is 0.0172. The number of alkyl halides is 2. The third kappa shape index (κ3) is 3.40. The van der Waals surface area contributed by atoms with Crippen molar-refractivity contribution in [3.05, 3.63) is 65.9 Å². The number of ether oxygens (including phenoxy) is 1. The van der Waals surface area contributed by atoms with Crippen molar-refractivity contribution in [3.8, 4) is 22.7 Å². The minimum atomic E-state index is -2.84. The van der Waals surface area contributed by atoms with E-state index in [4.69, 9.17) is 4.74 Å². The summed E-state index contributed by atoms with van der Waals surface area (Å²) in [5, 5.41) is 4.52. The first kappa shape index (κ1) is 17.1. The van der Waals surface area contributed by atoms with Crippen molar-refractivity contribution < 1.29 is 13.5 Å². The number of hydrogen-bond donors (Lipinski definition) is 0. The molecular weight excluding hydrogens is 322 g/mol. The summed E-state index contributed by atoms with van der Waals surface area (Å²) in [7, 11) is 1.60. The minimum Gasteiger partial charge on any atom is -0.497 e. The van der Waals surface area contributed by atoms with Crippen LogP contribution in [0.15, 0.2) is 54.6 Å². The van der Waals surface area contributed by atoms with Crippen molar-refractivity contribution in [3.63, 3.8) is 0 Å². The van der Waals surface area contributed by atoms with Crippen molar-refractivity contribution in [2.24, 2.45) is 0 Å². The van der Waals surface area contributed by atoms with Gasteiger partial charge in [0.25, 0.3) is 5.92 Å². The van der Waals surface area contributed by atoms with Crippen LogP contribution in [0.4, 0.5) is 8.78 Å². The van der Waals surface area contributed by atoms with E-state index in [0.717, 1.165) is 17.1 Å². The molecule has 0 spiro atoms. The molecule has 130 valence electrons. The summed E-state index contributed by atoms with van der Waals surface area (Å²) in [6.45, 7) is 3.36. The standard InChI is InChI=1S/C20H20F2N2O/c1-4-20(21,22)16-8-5-7-15(12-16)19-11-14(2)23-24(19)17-9-6-10-18(13-17)25-3/h5-13H,4H2,1-3H3. The fraction of sp³-hybridized carbons (Fsp3) is 0.250. The Morgan fingerprint density at radius 2 is 1.84 bits per heavy atom. The van der Waals surface area contributed by atoms with Gasteiger partial charge >= 0.3 is 0 Å². The molecule has 0 aliphatic rings. The van der Waals surface area contributed by atoms with E-state index in [9.17, 15) is 8.78 Å². The molecule has 1 heterocycles. The zero-order valence-electron chi connectivity index (χ0n) is 14.5. The first-order valence-electron chi connectivity index (χ1n) is 8.14. The van der Waals surface area contributed by atoms with Crippen LogP contribution in [0.2, 0.25) is 0 Å². The van der Waals surface area contributed by atoms with Gasteiger partial charge in [0.1, 0.15) is 5.75 Å². The Bertz CT molecular complexity index is 887. The zero-order chi connectivity index (χ0) is 18.0. The summed E-state index contributed by atoms with van der Waals surface area (Å²) in [4.78, 5) is 0. The highest BCUT2D eigenvalue weighted by molar-refractivity contribution is 5.64. The largest absolute Gasteiger partial charge is 0.497 e. The third-order valence-corrected chi connectivity index (χ3v) is 4.15. The SMILES string of the molecule is CCC(F)(F)c1cccc(-c2cc(C)nn2-c2cccc(OC)c2)c1. The third-order valence-electron chi connectivity index (χ3n) is 4.15. The summed E-state index contributed by atoms with van der Waals surface area (Å²) in [5.74, 6) is -2.13. The Labute approximate surface area is 145 Å². The van der Waals surface area contributed by atoms with E-state index >= 15 is 0 Å². The van der Waals surface area contributed by atoms with Crippen LogP contribution in [-0.2, 0) is 5.92 Å². The van der Waals surface area contributed by atoms with E-state index < -0.39 is 5.92 Å². The molecule has 0 aliphatic carbocycles. The van der Waals surface area contributed by atoms with E-state index in [2.05, 4.69) is 5.10 Å². The molecule has 0 saturated carbocycles. The molecular formula is C20H20F2N2O. The van der Waals surface area contributed by atoms with Crippen molar-refractivity contribution in [1.29, 1.82) is 0 Å². The summed E-state index contributed by atoms with van der Waals surface area (Å²) in [6.07, 6.45) is -0.232. The maximum Gasteiger partial charge on any atom is 0.273 e. The molecule has 0 atom stereocenters. The van der Waals surface area contributed by atoms with Gasteiger partial charge in [0.05, 0.1) is 24.2 Å². The molecule has 25 heavy (non-hydrogen) atoms. The topological polar surface area (TPSA) is 27.1 Å². The second-order valence-electron chi connectivity index (χ2n) is 5.92. The normalized spacial score (nSPS) is 11.6. The molecule has 0 fully saturated rings. The smallest absolute Gasteiger partial charge is 0.273 e. The van der Waals surface area contributed by atoms with Crippen LogP contribution in [-0.4, -0.2) is 16.9 Å². The molecule has 3 nitrogen and oxygen atoms in total. The lowest BCUT2D eigenvalue weighted by molar-refractivity contribution is -0.00824. The number of aromatic nitrogens is 2. The fourth-order valence-electron chi connectivity index (χ4n) is 2.75. The van der Waals surface area contributed by atoms with E-state index in [0.29, 0.717) is 11.3 Å². The Balaban J connectivity index is 2.12. The second kappa shape index (κ2) is 6.67. The number of nitrogens with zero attached hydrogens (tertiary/aromatic N) is 2. The maximum atomic E-state index is 14.1. The molecule has 3 aromatic rings. The Morgan fingerprint density at radius 3 is 2.56 bits per heavy atom. The Morgan fingerprint density at radius 1 is 1.08 bits per heavy atom. The van der Waals surface area contributed by atoms with E-state index in [1.807, 2.05) is 43.3 Å². The number of halogens is 2. The van der Waals surface area contributed by atoms with Crippen LogP contribution in [0.5, 0.6) is 5.75 Å². The van der Waals surface area contributed by atoms with Crippen LogP contribution >= 0.6 is 0 Å². The molecule has 0 amide bonds. The lowest BCUT2D eigenvalue weighted by atomic mass is 10.0. The van der Waals surface area contributed by atoms with Gasteiger partial charge in [0, 0.05) is 23.6 Å². The molecule has 0 radical (unpaired) electrons. The Hall–Kier alpha value is -2.69. The van der Waals surface area contributed by atoms with Gasteiger partial charge in [-0.15, -0.1) is 0 Å². The monoisotopic (exact) mass is 342 g/mol. The predicted molar refractivity (Wildman–Crippen MR) is 94.5 cm³/mol. The maximum absolute atomic E-state index is 14.1. The number of benzene rings is 2. The summed E-state index contributed by atoms with van der Waals surface area (Å²) in [5.41, 5.74) is 3.11. The highest BCUT2D eigenvalue weighted by Gasteiger charge is 2.29. The average molecular weight is 342 g/mol. The first-order valence-corrected chi connectivity index (χ1v) is 8.14. The quantitative estimate of drug-likeness (QED) is 0.624. The molecule has 0 aliphatic heterocycles. The fourth-order valence-corrected chi connectivity index (χ4v) is 2.75. The highest BCUT2D eigenvalue weighted by Crippen LogP contribution is 2.34. The van der Waals surface area contributed by atoms with Crippen molar-refractivity contribution in [2.75, 3.05) is 7.11 Å². The van der Waals surface area contributed by atoms with Gasteiger partial charge in [-0.05, 0) is 31.2 Å². The lowest BCUT2D eigenvalue weighted by Crippen LogP contribution is -2.11. The van der Waals surface area contributed by atoms with Crippen LogP contribution in [0.25, 0.3) is 16.9 Å². The molecule has 0 bridgehead atoms. The van der Waals surface area contributed by atoms with E-state index in [1.54, 1.807) is 17.9 Å². The highest BCUT2D eigenvalue weighted by atomic mass is 19.3. The van der Waals surface area contributed by atoms with Crippen LogP contribution in [0.3, 0.4) is 0 Å². The van der Waals surface area contributed by atoms with E-state index in [1.165, 1.54) is 19.1 Å². The molecule has 0 saturated heterocycles. The van der Waals surface area contributed by atoms with Crippen molar-refractivity contribution >= 4 is 0 Å². The second-order valence-corrected chi connectivity index (χ2v) is 5.92. The van der Waals surface area contributed by atoms with Crippen LogP contribution in [0, 0.1) is 6.92 Å². The van der Waals surface area contributed by atoms with Gasteiger partial charge in [0.15, 0.2) is 0 Å². The average Bonchev–Trinajstić information content (AvgIpc) is 3.04. The zero-order valence-corrected chi connectivity index (χ0v) is 14.5. The molecule has 0 unspecified atom stereocenters. The van der Waals surface area contributed by atoms with Crippen LogP contribution in [0.1, 0.15) is 24.6 Å². The lowest BCUT2D eigenvalue weighted by Gasteiger charge is -2.16. The number of aryl methyl sites for hydroxylation is 1. The summed E-state index contributed by atoms with van der Waals surface area (Å²) >= 11 is 0. The molecule has 2 aromatic carbocycles. The Kier molecular flexibility index (Phi) is 4.57. The van der Waals surface area contributed by atoms with E-state index in [-0.39, 0.29) is 12.0 Å². The molecule has 5 heteroatoms. The van der Waals surface area contributed by atoms with Gasteiger partial charge in [-0.25, -0.2) is 13.5 Å². The summed E-state index contributed by atoms with van der Waals surface area (Å²) < 4.78 is 35.2. The number of rotatable bonds is 5. The predicted octanol–water partition coefficient (Wildman–Crippen LogP) is 5.36. The molecule has 1 aromatic heterocycles.